The Morgan fingerprint density at radius 3 is 2.72 bits per heavy atom. The van der Waals surface area contributed by atoms with Crippen LogP contribution >= 0.6 is 0 Å². The minimum atomic E-state index is -0.986. The second kappa shape index (κ2) is 6.88. The van der Waals surface area contributed by atoms with E-state index in [9.17, 15) is 19.5 Å². The molecule has 7 heteroatoms. The van der Waals surface area contributed by atoms with Crippen LogP contribution in [0.3, 0.4) is 0 Å². The molecule has 1 fully saturated rings. The number of nitrogens with zero attached hydrogens (tertiary/aromatic N) is 1. The third kappa shape index (κ3) is 3.93. The SMILES string of the molecule is CCc1cc(C(=O)NCc2ccc(C(=O)O)c(C3CC3)n2)cc(=O)[nH]1. The summed E-state index contributed by atoms with van der Waals surface area (Å²) in [6, 6.07) is 6.04. The molecule has 0 saturated heterocycles. The first-order chi connectivity index (χ1) is 12.0. The normalized spacial score (nSPS) is 13.5. The van der Waals surface area contributed by atoms with Crippen molar-refractivity contribution < 1.29 is 14.7 Å². The summed E-state index contributed by atoms with van der Waals surface area (Å²) in [5, 5.41) is 12.0. The fourth-order valence-electron chi connectivity index (χ4n) is 2.66. The molecule has 25 heavy (non-hydrogen) atoms. The topological polar surface area (TPSA) is 112 Å². The summed E-state index contributed by atoms with van der Waals surface area (Å²) < 4.78 is 0. The van der Waals surface area contributed by atoms with Crippen LogP contribution in [0.2, 0.25) is 0 Å². The standard InChI is InChI=1S/C18H19N3O4/c1-2-12-7-11(8-15(22)20-12)17(23)19-9-13-5-6-14(18(24)25)16(21-13)10-3-4-10/h5-8,10H,2-4,9H2,1H3,(H,19,23)(H,20,22)(H,24,25). The van der Waals surface area contributed by atoms with Crippen molar-refractivity contribution in [3.05, 3.63) is 62.8 Å². The number of aromatic nitrogens is 2. The Morgan fingerprint density at radius 2 is 2.08 bits per heavy atom. The average molecular weight is 341 g/mol. The number of pyridine rings is 2. The summed E-state index contributed by atoms with van der Waals surface area (Å²) in [4.78, 5) is 42.2. The highest BCUT2D eigenvalue weighted by Crippen LogP contribution is 2.40. The molecule has 1 aliphatic carbocycles. The first kappa shape index (κ1) is 16.9. The Labute approximate surface area is 144 Å². The smallest absolute Gasteiger partial charge is 0.337 e. The molecule has 2 aromatic heterocycles. The Hall–Kier alpha value is -2.96. The molecule has 0 atom stereocenters. The molecule has 1 aliphatic rings. The summed E-state index contributed by atoms with van der Waals surface area (Å²) in [6.07, 6.45) is 2.50. The zero-order valence-corrected chi connectivity index (χ0v) is 13.8. The molecule has 0 aliphatic heterocycles. The highest BCUT2D eigenvalue weighted by atomic mass is 16.4. The molecule has 3 rings (SSSR count). The Bertz CT molecular complexity index is 884. The lowest BCUT2D eigenvalue weighted by Crippen LogP contribution is -2.25. The van der Waals surface area contributed by atoms with Gasteiger partial charge < -0.3 is 15.4 Å². The van der Waals surface area contributed by atoms with Crippen LogP contribution in [-0.2, 0) is 13.0 Å². The first-order valence-corrected chi connectivity index (χ1v) is 8.22. The third-order valence-corrected chi connectivity index (χ3v) is 4.15. The number of H-pyrrole nitrogens is 1. The minimum absolute atomic E-state index is 0.173. The maximum absolute atomic E-state index is 12.3. The molecule has 0 bridgehead atoms. The maximum atomic E-state index is 12.3. The maximum Gasteiger partial charge on any atom is 0.337 e. The molecule has 0 radical (unpaired) electrons. The second-order valence-corrected chi connectivity index (χ2v) is 6.11. The van der Waals surface area contributed by atoms with Crippen molar-refractivity contribution in [3.8, 4) is 0 Å². The van der Waals surface area contributed by atoms with Crippen molar-refractivity contribution in [2.75, 3.05) is 0 Å². The number of carboxylic acid groups (broad SMARTS) is 1. The van der Waals surface area contributed by atoms with Crippen molar-refractivity contribution in [3.63, 3.8) is 0 Å². The number of hydrogen-bond donors (Lipinski definition) is 3. The number of carboxylic acids is 1. The van der Waals surface area contributed by atoms with Gasteiger partial charge in [0.15, 0.2) is 0 Å². The molecule has 0 spiro atoms. The fourth-order valence-corrected chi connectivity index (χ4v) is 2.66. The van der Waals surface area contributed by atoms with Crippen LogP contribution in [0.25, 0.3) is 0 Å². The van der Waals surface area contributed by atoms with Gasteiger partial charge in [-0.1, -0.05) is 6.92 Å². The van der Waals surface area contributed by atoms with Gasteiger partial charge in [-0.05, 0) is 37.5 Å². The van der Waals surface area contributed by atoms with Crippen LogP contribution in [0.5, 0.6) is 0 Å². The van der Waals surface area contributed by atoms with E-state index in [-0.39, 0.29) is 29.5 Å². The highest BCUT2D eigenvalue weighted by molar-refractivity contribution is 5.94. The summed E-state index contributed by atoms with van der Waals surface area (Å²) in [5.41, 5.74) is 2.08. The van der Waals surface area contributed by atoms with Gasteiger partial charge in [-0.15, -0.1) is 0 Å². The quantitative estimate of drug-likeness (QED) is 0.742. The number of aromatic amines is 1. The number of carbonyl (C=O) groups excluding carboxylic acids is 1. The Kier molecular flexibility index (Phi) is 4.65. The molecule has 7 nitrogen and oxygen atoms in total. The molecule has 2 aromatic rings. The van der Waals surface area contributed by atoms with Crippen LogP contribution in [0.4, 0.5) is 0 Å². The lowest BCUT2D eigenvalue weighted by Gasteiger charge is -2.09. The predicted molar refractivity (Wildman–Crippen MR) is 90.8 cm³/mol. The highest BCUT2D eigenvalue weighted by Gasteiger charge is 2.29. The van der Waals surface area contributed by atoms with Crippen LogP contribution in [0, 0.1) is 0 Å². The van der Waals surface area contributed by atoms with E-state index in [1.165, 1.54) is 12.1 Å². The van der Waals surface area contributed by atoms with Crippen molar-refractivity contribution >= 4 is 11.9 Å². The average Bonchev–Trinajstić information content (AvgIpc) is 3.43. The van der Waals surface area contributed by atoms with E-state index in [2.05, 4.69) is 15.3 Å². The van der Waals surface area contributed by atoms with Crippen LogP contribution in [0.1, 0.15) is 63.5 Å². The largest absolute Gasteiger partial charge is 0.478 e. The third-order valence-electron chi connectivity index (χ3n) is 4.15. The Balaban J connectivity index is 1.74. The monoisotopic (exact) mass is 341 g/mol. The lowest BCUT2D eigenvalue weighted by molar-refractivity contribution is 0.0694. The van der Waals surface area contributed by atoms with E-state index in [1.807, 2.05) is 6.92 Å². The van der Waals surface area contributed by atoms with Gasteiger partial charge >= 0.3 is 5.97 Å². The number of hydrogen-bond acceptors (Lipinski definition) is 4. The van der Waals surface area contributed by atoms with Crippen molar-refractivity contribution in [2.45, 2.75) is 38.6 Å². The van der Waals surface area contributed by atoms with Crippen molar-refractivity contribution in [1.29, 1.82) is 0 Å². The number of aromatic carboxylic acids is 1. The van der Waals surface area contributed by atoms with Gasteiger partial charge in [0.25, 0.3) is 5.91 Å². The van der Waals surface area contributed by atoms with Crippen LogP contribution < -0.4 is 10.9 Å². The summed E-state index contributed by atoms with van der Waals surface area (Å²) in [7, 11) is 0. The van der Waals surface area contributed by atoms with E-state index >= 15 is 0 Å². The second-order valence-electron chi connectivity index (χ2n) is 6.11. The summed E-state index contributed by atoms with van der Waals surface area (Å²) in [5.74, 6) is -1.15. The summed E-state index contributed by atoms with van der Waals surface area (Å²) in [6.45, 7) is 2.06. The van der Waals surface area contributed by atoms with E-state index in [1.54, 1.807) is 12.1 Å². The molecule has 130 valence electrons. The van der Waals surface area contributed by atoms with Crippen molar-refractivity contribution in [1.82, 2.24) is 15.3 Å². The molecule has 2 heterocycles. The van der Waals surface area contributed by atoms with E-state index in [0.29, 0.717) is 29.1 Å². The molecule has 3 N–H and O–H groups in total. The number of amides is 1. The van der Waals surface area contributed by atoms with Crippen molar-refractivity contribution in [2.24, 2.45) is 0 Å². The van der Waals surface area contributed by atoms with Gasteiger partial charge in [-0.25, -0.2) is 4.79 Å². The van der Waals surface area contributed by atoms with Crippen LogP contribution in [0.15, 0.2) is 29.1 Å². The molecule has 1 saturated carbocycles. The number of rotatable bonds is 6. The van der Waals surface area contributed by atoms with Crippen LogP contribution in [-0.4, -0.2) is 27.0 Å². The molecule has 0 unspecified atom stereocenters. The number of nitrogens with one attached hydrogen (secondary N) is 2. The number of carbonyl (C=O) groups is 2. The fraction of sp³-hybridized carbons (Fsp3) is 0.333. The molecule has 0 aromatic carbocycles. The van der Waals surface area contributed by atoms with Gasteiger partial charge in [0.2, 0.25) is 5.56 Å². The van der Waals surface area contributed by atoms with Gasteiger partial charge in [-0.2, -0.15) is 0 Å². The molecular weight excluding hydrogens is 322 g/mol. The zero-order valence-electron chi connectivity index (χ0n) is 13.8. The van der Waals surface area contributed by atoms with E-state index in [4.69, 9.17) is 0 Å². The van der Waals surface area contributed by atoms with Gasteiger partial charge in [0, 0.05) is 23.2 Å². The van der Waals surface area contributed by atoms with E-state index in [0.717, 1.165) is 12.8 Å². The molecular formula is C18H19N3O4. The van der Waals surface area contributed by atoms with E-state index < -0.39 is 5.97 Å². The van der Waals surface area contributed by atoms with Gasteiger partial charge in [0.05, 0.1) is 23.5 Å². The Morgan fingerprint density at radius 1 is 1.32 bits per heavy atom. The van der Waals surface area contributed by atoms with Gasteiger partial charge in [0.1, 0.15) is 0 Å². The predicted octanol–water partition coefficient (Wildman–Crippen LogP) is 1.84. The lowest BCUT2D eigenvalue weighted by atomic mass is 10.1. The number of aryl methyl sites for hydroxylation is 1. The summed E-state index contributed by atoms with van der Waals surface area (Å²) >= 11 is 0. The zero-order chi connectivity index (χ0) is 18.0. The molecule has 1 amide bonds. The van der Waals surface area contributed by atoms with Gasteiger partial charge in [-0.3, -0.25) is 14.6 Å². The minimum Gasteiger partial charge on any atom is -0.478 e. The first-order valence-electron chi connectivity index (χ1n) is 8.22.